The van der Waals surface area contributed by atoms with Gasteiger partial charge >= 0.3 is 0 Å². The van der Waals surface area contributed by atoms with Crippen molar-refractivity contribution in [2.24, 2.45) is 0 Å². The maximum atomic E-state index is 12.3. The van der Waals surface area contributed by atoms with Gasteiger partial charge < -0.3 is 10.3 Å². The number of nitrogens with one attached hydrogen (secondary N) is 3. The fraction of sp³-hybridized carbons (Fsp3) is 0.333. The van der Waals surface area contributed by atoms with Crippen LogP contribution < -0.4 is 10.6 Å². The Morgan fingerprint density at radius 3 is 3.00 bits per heavy atom. The number of aromatic amines is 1. The van der Waals surface area contributed by atoms with E-state index < -0.39 is 0 Å². The molecule has 1 aromatic heterocycles. The van der Waals surface area contributed by atoms with Gasteiger partial charge in [0.05, 0.1) is 29.8 Å². The third-order valence-electron chi connectivity index (χ3n) is 3.71. The highest BCUT2D eigenvalue weighted by molar-refractivity contribution is 5.82. The first kappa shape index (κ1) is 12.9. The summed E-state index contributed by atoms with van der Waals surface area (Å²) < 4.78 is 0. The second-order valence-corrected chi connectivity index (χ2v) is 5.11. The van der Waals surface area contributed by atoms with Crippen molar-refractivity contribution in [2.75, 3.05) is 0 Å². The number of carbonyl (C=O) groups excluding carboxylic acids is 1. The molecule has 0 saturated heterocycles. The molecule has 2 atom stereocenters. The zero-order valence-corrected chi connectivity index (χ0v) is 11.4. The van der Waals surface area contributed by atoms with Crippen LogP contribution in [0.4, 0.5) is 0 Å². The summed E-state index contributed by atoms with van der Waals surface area (Å²) in [6, 6.07) is 9.76. The number of nitrogens with zero attached hydrogens (tertiary/aromatic N) is 1. The van der Waals surface area contributed by atoms with Crippen molar-refractivity contribution in [1.29, 1.82) is 0 Å². The number of hydrogen-bond donors (Lipinski definition) is 3. The molecule has 0 aliphatic carbocycles. The number of amides is 1. The van der Waals surface area contributed by atoms with E-state index in [1.165, 1.54) is 0 Å². The minimum absolute atomic E-state index is 0.00563. The largest absolute Gasteiger partial charge is 0.348 e. The first-order valence-electron chi connectivity index (χ1n) is 6.84. The van der Waals surface area contributed by atoms with Crippen LogP contribution in [0, 0.1) is 0 Å². The van der Waals surface area contributed by atoms with Gasteiger partial charge in [-0.2, -0.15) is 0 Å². The minimum atomic E-state index is -0.211. The van der Waals surface area contributed by atoms with Crippen LogP contribution in [0.15, 0.2) is 36.7 Å². The Labute approximate surface area is 117 Å². The van der Waals surface area contributed by atoms with Crippen LogP contribution in [0.3, 0.4) is 0 Å². The van der Waals surface area contributed by atoms with Crippen LogP contribution in [0.2, 0.25) is 0 Å². The SMILES string of the molecule is C[C@H](NC(=O)C1Cc2nc[nH]c2CN1)c1ccccc1. The highest BCUT2D eigenvalue weighted by Crippen LogP contribution is 2.15. The lowest BCUT2D eigenvalue weighted by Crippen LogP contribution is -2.48. The van der Waals surface area contributed by atoms with Crippen molar-refractivity contribution in [3.8, 4) is 0 Å². The maximum absolute atomic E-state index is 12.3. The number of rotatable bonds is 3. The first-order chi connectivity index (χ1) is 9.74. The summed E-state index contributed by atoms with van der Waals surface area (Å²) in [5.41, 5.74) is 3.17. The second-order valence-electron chi connectivity index (χ2n) is 5.11. The third kappa shape index (κ3) is 2.58. The molecule has 0 saturated carbocycles. The monoisotopic (exact) mass is 270 g/mol. The number of aromatic nitrogens is 2. The molecular formula is C15H18N4O. The molecule has 20 heavy (non-hydrogen) atoms. The molecule has 1 amide bonds. The molecule has 3 rings (SSSR count). The Hall–Kier alpha value is -2.14. The Kier molecular flexibility index (Phi) is 3.52. The van der Waals surface area contributed by atoms with E-state index in [-0.39, 0.29) is 18.0 Å². The molecule has 0 radical (unpaired) electrons. The van der Waals surface area contributed by atoms with Gasteiger partial charge in [-0.3, -0.25) is 10.1 Å². The highest BCUT2D eigenvalue weighted by atomic mass is 16.2. The van der Waals surface area contributed by atoms with Crippen molar-refractivity contribution in [3.05, 3.63) is 53.6 Å². The van der Waals surface area contributed by atoms with Gasteiger partial charge in [0.2, 0.25) is 5.91 Å². The summed E-state index contributed by atoms with van der Waals surface area (Å²) in [5.74, 6) is 0.0232. The van der Waals surface area contributed by atoms with Crippen LogP contribution >= 0.6 is 0 Å². The number of H-pyrrole nitrogens is 1. The summed E-state index contributed by atoms with van der Waals surface area (Å²) in [4.78, 5) is 19.6. The molecule has 5 heteroatoms. The van der Waals surface area contributed by atoms with Crippen molar-refractivity contribution >= 4 is 5.91 Å². The Morgan fingerprint density at radius 2 is 2.20 bits per heavy atom. The predicted octanol–water partition coefficient (Wildman–Crippen LogP) is 1.30. The van der Waals surface area contributed by atoms with Crippen molar-refractivity contribution in [2.45, 2.75) is 32.0 Å². The minimum Gasteiger partial charge on any atom is -0.348 e. The number of hydrogen-bond acceptors (Lipinski definition) is 3. The van der Waals surface area contributed by atoms with E-state index in [1.54, 1.807) is 6.33 Å². The molecule has 1 aliphatic heterocycles. The number of carbonyl (C=O) groups is 1. The van der Waals surface area contributed by atoms with Gasteiger partial charge in [-0.05, 0) is 12.5 Å². The molecule has 104 valence electrons. The van der Waals surface area contributed by atoms with Gasteiger partial charge in [0.15, 0.2) is 0 Å². The highest BCUT2D eigenvalue weighted by Gasteiger charge is 2.26. The summed E-state index contributed by atoms with van der Waals surface area (Å²) in [5, 5.41) is 6.28. The topological polar surface area (TPSA) is 69.8 Å². The molecule has 2 heterocycles. The lowest BCUT2D eigenvalue weighted by molar-refractivity contribution is -0.124. The lowest BCUT2D eigenvalue weighted by atomic mass is 10.0. The molecule has 1 aromatic carbocycles. The summed E-state index contributed by atoms with van der Waals surface area (Å²) in [7, 11) is 0. The average Bonchev–Trinajstić information content (AvgIpc) is 2.95. The van der Waals surface area contributed by atoms with Gasteiger partial charge in [-0.15, -0.1) is 0 Å². The van der Waals surface area contributed by atoms with E-state index in [1.807, 2.05) is 37.3 Å². The standard InChI is InChI=1S/C15H18N4O/c1-10(11-5-3-2-4-6-11)19-15(20)13-7-12-14(8-16-13)18-9-17-12/h2-6,9-10,13,16H,7-8H2,1H3,(H,17,18)(H,19,20)/t10-,13?/m0/s1. The zero-order chi connectivity index (χ0) is 13.9. The summed E-state index contributed by atoms with van der Waals surface area (Å²) in [6.07, 6.45) is 2.31. The zero-order valence-electron chi connectivity index (χ0n) is 11.4. The normalized spacial score (nSPS) is 19.1. The van der Waals surface area contributed by atoms with Gasteiger partial charge in [0.1, 0.15) is 0 Å². The van der Waals surface area contributed by atoms with E-state index in [2.05, 4.69) is 20.6 Å². The molecule has 3 N–H and O–H groups in total. The maximum Gasteiger partial charge on any atom is 0.238 e. The van der Waals surface area contributed by atoms with Crippen LogP contribution in [0.25, 0.3) is 0 Å². The number of fused-ring (bicyclic) bond motifs is 1. The van der Waals surface area contributed by atoms with Crippen LogP contribution in [0.1, 0.15) is 29.9 Å². The Bertz CT molecular complexity index is 593. The van der Waals surface area contributed by atoms with Gasteiger partial charge in [0, 0.05) is 13.0 Å². The van der Waals surface area contributed by atoms with E-state index >= 15 is 0 Å². The molecule has 0 spiro atoms. The number of benzene rings is 1. The molecule has 1 aliphatic rings. The van der Waals surface area contributed by atoms with E-state index in [4.69, 9.17) is 0 Å². The molecule has 5 nitrogen and oxygen atoms in total. The van der Waals surface area contributed by atoms with Crippen LogP contribution in [-0.4, -0.2) is 21.9 Å². The third-order valence-corrected chi connectivity index (χ3v) is 3.71. The van der Waals surface area contributed by atoms with Crippen LogP contribution in [0.5, 0.6) is 0 Å². The van der Waals surface area contributed by atoms with E-state index in [9.17, 15) is 4.79 Å². The Morgan fingerprint density at radius 1 is 1.40 bits per heavy atom. The molecule has 0 fully saturated rings. The van der Waals surface area contributed by atoms with Gasteiger partial charge in [0.25, 0.3) is 0 Å². The van der Waals surface area contributed by atoms with Crippen molar-refractivity contribution in [3.63, 3.8) is 0 Å². The van der Waals surface area contributed by atoms with E-state index in [0.29, 0.717) is 13.0 Å². The quantitative estimate of drug-likeness (QED) is 0.787. The van der Waals surface area contributed by atoms with E-state index in [0.717, 1.165) is 17.0 Å². The van der Waals surface area contributed by atoms with Gasteiger partial charge in [-0.1, -0.05) is 30.3 Å². The molecule has 0 bridgehead atoms. The fourth-order valence-corrected chi connectivity index (χ4v) is 2.49. The molecule has 2 aromatic rings. The smallest absolute Gasteiger partial charge is 0.238 e. The predicted molar refractivity (Wildman–Crippen MR) is 75.9 cm³/mol. The average molecular weight is 270 g/mol. The fourth-order valence-electron chi connectivity index (χ4n) is 2.49. The first-order valence-corrected chi connectivity index (χ1v) is 6.84. The lowest BCUT2D eigenvalue weighted by Gasteiger charge is -2.24. The van der Waals surface area contributed by atoms with Crippen molar-refractivity contribution in [1.82, 2.24) is 20.6 Å². The summed E-state index contributed by atoms with van der Waals surface area (Å²) >= 11 is 0. The number of imidazole rings is 1. The second kappa shape index (κ2) is 5.46. The molecule has 1 unspecified atom stereocenters. The van der Waals surface area contributed by atoms with Crippen molar-refractivity contribution < 1.29 is 4.79 Å². The molecular weight excluding hydrogens is 252 g/mol. The Balaban J connectivity index is 1.63. The summed E-state index contributed by atoms with van der Waals surface area (Å²) in [6.45, 7) is 2.66. The van der Waals surface area contributed by atoms with Gasteiger partial charge in [-0.25, -0.2) is 4.98 Å². The van der Waals surface area contributed by atoms with Crippen LogP contribution in [-0.2, 0) is 17.8 Å².